The molecular formula is C17H17NO3. The minimum Gasteiger partial charge on any atom is -0.507 e. The maximum absolute atomic E-state index is 11.8. The summed E-state index contributed by atoms with van der Waals surface area (Å²) in [4.78, 5) is 13.7. The van der Waals surface area contributed by atoms with Crippen LogP contribution in [0.5, 0.6) is 5.75 Å². The first-order valence-corrected chi connectivity index (χ1v) is 6.86. The van der Waals surface area contributed by atoms with E-state index in [1.54, 1.807) is 6.07 Å². The number of para-hydroxylation sites is 1. The number of hydrogen-bond donors (Lipinski definition) is 1. The van der Waals surface area contributed by atoms with Gasteiger partial charge in [-0.15, -0.1) is 0 Å². The average molecular weight is 283 g/mol. The van der Waals surface area contributed by atoms with Crippen molar-refractivity contribution < 1.29 is 14.6 Å². The molecule has 0 atom stereocenters. The summed E-state index contributed by atoms with van der Waals surface area (Å²) in [5.74, 6) is 0.00137. The lowest BCUT2D eigenvalue weighted by Gasteiger charge is -2.30. The minimum atomic E-state index is -0.300. The highest BCUT2D eigenvalue weighted by molar-refractivity contribution is 5.97. The van der Waals surface area contributed by atoms with Crippen LogP contribution in [0.4, 0.5) is 5.69 Å². The van der Waals surface area contributed by atoms with Gasteiger partial charge in [0.25, 0.3) is 0 Å². The van der Waals surface area contributed by atoms with Gasteiger partial charge in [-0.3, -0.25) is 0 Å². The summed E-state index contributed by atoms with van der Waals surface area (Å²) in [5.41, 5.74) is 4.19. The second-order valence-corrected chi connectivity index (χ2v) is 5.37. The first kappa shape index (κ1) is 13.5. The molecule has 108 valence electrons. The zero-order chi connectivity index (χ0) is 15.0. The summed E-state index contributed by atoms with van der Waals surface area (Å²) in [5, 5.41) is 10.2. The molecule has 0 spiro atoms. The number of ether oxygens (including phenoxy) is 1. The van der Waals surface area contributed by atoms with Gasteiger partial charge in [0.05, 0.1) is 11.3 Å². The molecule has 4 heteroatoms. The number of rotatable bonds is 2. The zero-order valence-electron chi connectivity index (χ0n) is 12.1. The standard InChI is InChI=1S/C17H17NO3/c1-11-7-12(2)16(19)13(8-11)9-18-10-21-17(20)14-5-3-4-6-15(14)18/h3-8,19H,9-10H2,1-2H3. The van der Waals surface area contributed by atoms with Crippen molar-refractivity contribution in [2.75, 3.05) is 11.6 Å². The number of esters is 1. The Kier molecular flexibility index (Phi) is 3.29. The molecule has 4 nitrogen and oxygen atoms in total. The number of aromatic hydroxyl groups is 1. The van der Waals surface area contributed by atoms with E-state index in [-0.39, 0.29) is 12.7 Å². The van der Waals surface area contributed by atoms with Crippen molar-refractivity contribution in [1.29, 1.82) is 0 Å². The summed E-state index contributed by atoms with van der Waals surface area (Å²) in [6, 6.07) is 11.3. The van der Waals surface area contributed by atoms with Gasteiger partial charge in [-0.1, -0.05) is 29.8 Å². The van der Waals surface area contributed by atoms with Gasteiger partial charge in [0, 0.05) is 12.1 Å². The Morgan fingerprint density at radius 1 is 1.24 bits per heavy atom. The summed E-state index contributed by atoms with van der Waals surface area (Å²) >= 11 is 0. The number of fused-ring (bicyclic) bond motifs is 1. The van der Waals surface area contributed by atoms with E-state index in [2.05, 4.69) is 0 Å². The topological polar surface area (TPSA) is 49.8 Å². The molecule has 0 saturated heterocycles. The van der Waals surface area contributed by atoms with Crippen LogP contribution in [0.3, 0.4) is 0 Å². The van der Waals surface area contributed by atoms with Gasteiger partial charge >= 0.3 is 5.97 Å². The number of hydrogen-bond acceptors (Lipinski definition) is 4. The fourth-order valence-corrected chi connectivity index (χ4v) is 2.71. The predicted molar refractivity (Wildman–Crippen MR) is 80.5 cm³/mol. The molecule has 0 aliphatic carbocycles. The van der Waals surface area contributed by atoms with Gasteiger partial charge < -0.3 is 14.7 Å². The fourth-order valence-electron chi connectivity index (χ4n) is 2.71. The van der Waals surface area contributed by atoms with Crippen molar-refractivity contribution in [1.82, 2.24) is 0 Å². The molecule has 0 saturated carbocycles. The van der Waals surface area contributed by atoms with E-state index in [4.69, 9.17) is 4.74 Å². The SMILES string of the molecule is Cc1cc(C)c(O)c(CN2COC(=O)c3ccccc32)c1. The van der Waals surface area contributed by atoms with Gasteiger partial charge in [0.2, 0.25) is 0 Å². The van der Waals surface area contributed by atoms with Crippen LogP contribution in [-0.4, -0.2) is 17.8 Å². The fraction of sp³-hybridized carbons (Fsp3) is 0.235. The second kappa shape index (κ2) is 5.13. The quantitative estimate of drug-likeness (QED) is 0.860. The number of carbonyl (C=O) groups excluding carboxylic acids is 1. The second-order valence-electron chi connectivity index (χ2n) is 5.37. The number of anilines is 1. The first-order chi connectivity index (χ1) is 10.1. The van der Waals surface area contributed by atoms with Crippen molar-refractivity contribution in [3.05, 3.63) is 58.7 Å². The molecule has 3 rings (SSSR count). The highest BCUT2D eigenvalue weighted by atomic mass is 16.5. The van der Waals surface area contributed by atoms with Crippen LogP contribution in [0.25, 0.3) is 0 Å². The molecule has 0 unspecified atom stereocenters. The van der Waals surface area contributed by atoms with E-state index in [1.165, 1.54) is 0 Å². The molecular weight excluding hydrogens is 266 g/mol. The zero-order valence-corrected chi connectivity index (χ0v) is 12.1. The van der Waals surface area contributed by atoms with Crippen molar-refractivity contribution in [3.8, 4) is 5.75 Å². The van der Waals surface area contributed by atoms with Gasteiger partial charge in [-0.25, -0.2) is 4.79 Å². The molecule has 21 heavy (non-hydrogen) atoms. The third-order valence-electron chi connectivity index (χ3n) is 3.70. The van der Waals surface area contributed by atoms with Gasteiger partial charge in [0.1, 0.15) is 5.75 Å². The lowest BCUT2D eigenvalue weighted by atomic mass is 10.0. The van der Waals surface area contributed by atoms with Crippen molar-refractivity contribution >= 4 is 11.7 Å². The number of phenols is 1. The molecule has 1 heterocycles. The molecule has 2 aromatic rings. The van der Waals surface area contributed by atoms with Crippen LogP contribution >= 0.6 is 0 Å². The smallest absolute Gasteiger partial charge is 0.341 e. The van der Waals surface area contributed by atoms with E-state index >= 15 is 0 Å². The van der Waals surface area contributed by atoms with E-state index in [9.17, 15) is 9.90 Å². The van der Waals surface area contributed by atoms with E-state index in [0.717, 1.165) is 22.4 Å². The first-order valence-electron chi connectivity index (χ1n) is 6.86. The monoisotopic (exact) mass is 283 g/mol. The molecule has 1 aliphatic heterocycles. The van der Waals surface area contributed by atoms with Crippen molar-refractivity contribution in [2.45, 2.75) is 20.4 Å². The van der Waals surface area contributed by atoms with Crippen LogP contribution in [0.15, 0.2) is 36.4 Å². The van der Waals surface area contributed by atoms with Gasteiger partial charge in [-0.2, -0.15) is 0 Å². The maximum atomic E-state index is 11.8. The Labute approximate surface area is 123 Å². The largest absolute Gasteiger partial charge is 0.507 e. The number of nitrogens with zero attached hydrogens (tertiary/aromatic N) is 1. The number of carbonyl (C=O) groups is 1. The molecule has 0 fully saturated rings. The van der Waals surface area contributed by atoms with Crippen LogP contribution < -0.4 is 4.90 Å². The molecule has 0 aromatic heterocycles. The Bertz CT molecular complexity index is 709. The highest BCUT2D eigenvalue weighted by Crippen LogP contribution is 2.30. The number of aryl methyl sites for hydroxylation is 2. The van der Waals surface area contributed by atoms with E-state index < -0.39 is 0 Å². The van der Waals surface area contributed by atoms with Crippen LogP contribution in [0.1, 0.15) is 27.0 Å². The molecule has 0 bridgehead atoms. The number of cyclic esters (lactones) is 1. The van der Waals surface area contributed by atoms with Crippen LogP contribution in [0.2, 0.25) is 0 Å². The normalized spacial score (nSPS) is 13.8. The van der Waals surface area contributed by atoms with E-state index in [1.807, 2.05) is 49.1 Å². The summed E-state index contributed by atoms with van der Waals surface area (Å²) < 4.78 is 5.19. The van der Waals surface area contributed by atoms with Gasteiger partial charge in [-0.05, 0) is 31.5 Å². The predicted octanol–water partition coefficient (Wildman–Crippen LogP) is 3.14. The summed E-state index contributed by atoms with van der Waals surface area (Å²) in [7, 11) is 0. The molecule has 1 N–H and O–H groups in total. The lowest BCUT2D eigenvalue weighted by Crippen LogP contribution is -2.33. The van der Waals surface area contributed by atoms with E-state index in [0.29, 0.717) is 17.9 Å². The molecule has 2 aromatic carbocycles. The third kappa shape index (κ3) is 2.44. The Morgan fingerprint density at radius 2 is 2.00 bits per heavy atom. The maximum Gasteiger partial charge on any atom is 0.341 e. The molecule has 0 amide bonds. The summed E-state index contributed by atoms with van der Waals surface area (Å²) in [6.07, 6.45) is 0. The lowest BCUT2D eigenvalue weighted by molar-refractivity contribution is 0.0478. The van der Waals surface area contributed by atoms with Crippen LogP contribution in [-0.2, 0) is 11.3 Å². The summed E-state index contributed by atoms with van der Waals surface area (Å²) in [6.45, 7) is 4.58. The average Bonchev–Trinajstić information content (AvgIpc) is 2.47. The van der Waals surface area contributed by atoms with Crippen LogP contribution in [0, 0.1) is 13.8 Å². The molecule has 1 aliphatic rings. The molecule has 0 radical (unpaired) electrons. The Hall–Kier alpha value is -2.49. The highest BCUT2D eigenvalue weighted by Gasteiger charge is 2.24. The Balaban J connectivity index is 1.97. The minimum absolute atomic E-state index is 0.197. The van der Waals surface area contributed by atoms with Crippen molar-refractivity contribution in [2.24, 2.45) is 0 Å². The number of benzene rings is 2. The number of phenolic OH excluding ortho intramolecular Hbond substituents is 1. The Morgan fingerprint density at radius 3 is 2.81 bits per heavy atom. The van der Waals surface area contributed by atoms with Crippen molar-refractivity contribution in [3.63, 3.8) is 0 Å². The van der Waals surface area contributed by atoms with Gasteiger partial charge in [0.15, 0.2) is 6.73 Å². The third-order valence-corrected chi connectivity index (χ3v) is 3.70.